The van der Waals surface area contributed by atoms with E-state index in [0.717, 1.165) is 0 Å². The summed E-state index contributed by atoms with van der Waals surface area (Å²) >= 11 is 2.42. The highest BCUT2D eigenvalue weighted by molar-refractivity contribution is 14.1. The normalized spacial score (nSPS) is 11.9. The molecule has 0 aliphatic heterocycles. The molecule has 0 aliphatic rings. The number of benzene rings is 4. The number of halogens is 1. The van der Waals surface area contributed by atoms with Gasteiger partial charge < -0.3 is 4.57 Å². The van der Waals surface area contributed by atoms with E-state index in [4.69, 9.17) is 0 Å². The molecule has 1 heterocycles. The van der Waals surface area contributed by atoms with E-state index in [-0.39, 0.29) is 0 Å². The van der Waals surface area contributed by atoms with Crippen molar-refractivity contribution in [1.29, 1.82) is 0 Å². The summed E-state index contributed by atoms with van der Waals surface area (Å²) in [6, 6.07) is 35.2. The lowest BCUT2D eigenvalue weighted by molar-refractivity contribution is 1.18. The number of para-hydroxylation sites is 2. The average Bonchev–Trinajstić information content (AvgIpc) is 3.12. The maximum Gasteiger partial charge on any atom is 0.0775 e. The van der Waals surface area contributed by atoms with E-state index in [0.29, 0.717) is 0 Å². The van der Waals surface area contributed by atoms with Gasteiger partial charge in [-0.05, 0) is 48.5 Å². The molecule has 0 spiro atoms. The maximum absolute atomic E-state index is 2.42. The van der Waals surface area contributed by atoms with Crippen molar-refractivity contribution >= 4 is 69.3 Å². The number of hydrogen-bond acceptors (Lipinski definition) is 1. The minimum Gasteiger partial charge on any atom is -0.309 e. The molecule has 0 bridgehead atoms. The summed E-state index contributed by atoms with van der Waals surface area (Å²) in [5.74, 6) is 0. The van der Waals surface area contributed by atoms with E-state index < -0.39 is 8.07 Å². The fourth-order valence-electron chi connectivity index (χ4n) is 4.18. The summed E-state index contributed by atoms with van der Waals surface area (Å²) in [6.07, 6.45) is 0. The van der Waals surface area contributed by atoms with Crippen LogP contribution in [0, 0.1) is 0 Å². The van der Waals surface area contributed by atoms with Crippen LogP contribution in [-0.2, 0) is 0 Å². The summed E-state index contributed by atoms with van der Waals surface area (Å²) in [7, 11) is -1.29. The highest BCUT2D eigenvalue weighted by atomic mass is 127. The Morgan fingerprint density at radius 3 is 1.97 bits per heavy atom. The van der Waals surface area contributed by atoms with Crippen LogP contribution in [0.2, 0.25) is 19.6 Å². The van der Waals surface area contributed by atoms with Crippen molar-refractivity contribution in [2.75, 3.05) is 3.11 Å². The van der Waals surface area contributed by atoms with Gasteiger partial charge in [-0.3, -0.25) is 3.11 Å². The first-order chi connectivity index (χ1) is 14.9. The van der Waals surface area contributed by atoms with E-state index in [1.54, 1.807) is 0 Å². The lowest BCUT2D eigenvalue weighted by atomic mass is 10.1. The predicted molar refractivity (Wildman–Crippen MR) is 146 cm³/mol. The molecule has 0 atom stereocenters. The predicted octanol–water partition coefficient (Wildman–Crippen LogP) is 7.82. The fraction of sp³-hybridized carbons (Fsp3) is 0.111. The third-order valence-corrected chi connectivity index (χ3v) is 9.04. The molecule has 0 N–H and O–H groups in total. The molecule has 0 saturated heterocycles. The van der Waals surface area contributed by atoms with Crippen molar-refractivity contribution in [3.05, 3.63) is 97.1 Å². The molecule has 1 aromatic heterocycles. The van der Waals surface area contributed by atoms with E-state index in [2.05, 4.69) is 147 Å². The van der Waals surface area contributed by atoms with Crippen molar-refractivity contribution in [3.63, 3.8) is 0 Å². The van der Waals surface area contributed by atoms with Gasteiger partial charge in [0.2, 0.25) is 0 Å². The third kappa shape index (κ3) is 3.68. The fourth-order valence-corrected chi connectivity index (χ4v) is 5.97. The van der Waals surface area contributed by atoms with Gasteiger partial charge in [-0.1, -0.05) is 73.4 Å². The molecule has 154 valence electrons. The standard InChI is InChI=1S/C27H25IN2Si/c1-31(2,3)23-16-13-21(14-17-23)30(28)22-15-18-27-25(19-22)24-11-7-8-12-26(24)29(27)20-9-5-4-6-10-20/h4-19H,1-3H3. The van der Waals surface area contributed by atoms with Gasteiger partial charge in [-0.15, -0.1) is 0 Å². The van der Waals surface area contributed by atoms with E-state index in [9.17, 15) is 0 Å². The Hall–Kier alpha value is -2.57. The van der Waals surface area contributed by atoms with Gasteiger partial charge in [-0.25, -0.2) is 0 Å². The third-order valence-electron chi connectivity index (χ3n) is 5.86. The zero-order valence-electron chi connectivity index (χ0n) is 18.0. The number of fused-ring (bicyclic) bond motifs is 3. The van der Waals surface area contributed by atoms with Crippen LogP contribution in [-0.4, -0.2) is 12.6 Å². The first-order valence-electron chi connectivity index (χ1n) is 10.6. The van der Waals surface area contributed by atoms with Crippen molar-refractivity contribution in [3.8, 4) is 5.69 Å². The molecule has 4 aromatic carbocycles. The zero-order chi connectivity index (χ0) is 21.6. The topological polar surface area (TPSA) is 8.17 Å². The summed E-state index contributed by atoms with van der Waals surface area (Å²) < 4.78 is 4.61. The molecular weight excluding hydrogens is 507 g/mol. The lowest BCUT2D eigenvalue weighted by Crippen LogP contribution is -2.37. The van der Waals surface area contributed by atoms with Crippen LogP contribution in [0.15, 0.2) is 97.1 Å². The minimum absolute atomic E-state index is 1.19. The first-order valence-corrected chi connectivity index (χ1v) is 15.0. The van der Waals surface area contributed by atoms with Gasteiger partial charge in [0.25, 0.3) is 0 Å². The Morgan fingerprint density at radius 1 is 0.645 bits per heavy atom. The summed E-state index contributed by atoms with van der Waals surface area (Å²) in [5.41, 5.74) is 6.05. The number of aromatic nitrogens is 1. The smallest absolute Gasteiger partial charge is 0.0775 e. The van der Waals surface area contributed by atoms with Gasteiger partial charge >= 0.3 is 0 Å². The molecule has 2 nitrogen and oxygen atoms in total. The van der Waals surface area contributed by atoms with Gasteiger partial charge in [0.1, 0.15) is 0 Å². The Morgan fingerprint density at radius 2 is 1.26 bits per heavy atom. The van der Waals surface area contributed by atoms with Gasteiger partial charge in [0, 0.05) is 16.5 Å². The zero-order valence-corrected chi connectivity index (χ0v) is 21.2. The molecule has 0 unspecified atom stereocenters. The van der Waals surface area contributed by atoms with Crippen LogP contribution in [0.4, 0.5) is 11.4 Å². The Labute approximate surface area is 198 Å². The summed E-state index contributed by atoms with van der Waals surface area (Å²) in [5, 5.41) is 4.04. The van der Waals surface area contributed by atoms with Crippen molar-refractivity contribution in [2.24, 2.45) is 0 Å². The highest BCUT2D eigenvalue weighted by Crippen LogP contribution is 2.37. The highest BCUT2D eigenvalue weighted by Gasteiger charge is 2.17. The Kier molecular flexibility index (Phi) is 5.14. The average molecular weight is 533 g/mol. The number of rotatable bonds is 4. The molecule has 4 heteroatoms. The van der Waals surface area contributed by atoms with E-state index in [1.807, 2.05) is 0 Å². The molecule has 0 radical (unpaired) electrons. The van der Waals surface area contributed by atoms with Crippen molar-refractivity contribution in [1.82, 2.24) is 4.57 Å². The molecule has 5 rings (SSSR count). The number of nitrogens with zero attached hydrogens (tertiary/aromatic N) is 2. The van der Waals surface area contributed by atoms with Gasteiger partial charge in [0.05, 0.1) is 53.3 Å². The second-order valence-corrected chi connectivity index (χ2v) is 15.0. The largest absolute Gasteiger partial charge is 0.309 e. The van der Waals surface area contributed by atoms with Gasteiger partial charge in [-0.2, -0.15) is 0 Å². The summed E-state index contributed by atoms with van der Waals surface area (Å²) in [4.78, 5) is 0. The molecule has 0 amide bonds. The van der Waals surface area contributed by atoms with Crippen molar-refractivity contribution in [2.45, 2.75) is 19.6 Å². The second-order valence-electron chi connectivity index (χ2n) is 8.97. The molecule has 0 saturated carbocycles. The quantitative estimate of drug-likeness (QED) is 0.130. The molecule has 0 aliphatic carbocycles. The Bertz CT molecular complexity index is 1370. The molecule has 5 aromatic rings. The first kappa shape index (κ1) is 20.3. The van der Waals surface area contributed by atoms with Crippen LogP contribution in [0.25, 0.3) is 27.5 Å². The molecule has 31 heavy (non-hydrogen) atoms. The number of hydrogen-bond donors (Lipinski definition) is 0. The lowest BCUT2D eigenvalue weighted by Gasteiger charge is -2.20. The molecular formula is C27H25IN2Si. The van der Waals surface area contributed by atoms with Crippen LogP contribution in [0.3, 0.4) is 0 Å². The van der Waals surface area contributed by atoms with Crippen LogP contribution < -0.4 is 8.30 Å². The van der Waals surface area contributed by atoms with Crippen LogP contribution in [0.5, 0.6) is 0 Å². The maximum atomic E-state index is 2.42. The van der Waals surface area contributed by atoms with E-state index in [1.165, 1.54) is 44.1 Å². The van der Waals surface area contributed by atoms with Crippen LogP contribution in [0.1, 0.15) is 0 Å². The number of anilines is 2. The van der Waals surface area contributed by atoms with E-state index >= 15 is 0 Å². The monoisotopic (exact) mass is 532 g/mol. The van der Waals surface area contributed by atoms with Crippen LogP contribution >= 0.6 is 22.9 Å². The van der Waals surface area contributed by atoms with Crippen molar-refractivity contribution < 1.29 is 0 Å². The Balaban J connectivity index is 1.63. The van der Waals surface area contributed by atoms with Gasteiger partial charge in [0.15, 0.2) is 0 Å². The molecule has 0 fully saturated rings. The minimum atomic E-state index is -1.29. The SMILES string of the molecule is C[Si](C)(C)c1ccc(N(I)c2ccc3c(c2)c2ccccc2n3-c2ccccc2)cc1. The second kappa shape index (κ2) is 7.84. The summed E-state index contributed by atoms with van der Waals surface area (Å²) in [6.45, 7) is 7.17.